The predicted octanol–water partition coefficient (Wildman–Crippen LogP) is 5.34. The van der Waals surface area contributed by atoms with E-state index in [0.717, 1.165) is 77.7 Å². The molecule has 2 aromatic carbocycles. The monoisotopic (exact) mass is 766 g/mol. The Morgan fingerprint density at radius 2 is 1.80 bits per heavy atom. The highest BCUT2D eigenvalue weighted by atomic mass is 35.5. The number of amides is 4. The van der Waals surface area contributed by atoms with Gasteiger partial charge in [0, 0.05) is 46.1 Å². The molecule has 14 heteroatoms. The van der Waals surface area contributed by atoms with Crippen LogP contribution >= 0.6 is 22.9 Å². The van der Waals surface area contributed by atoms with Crippen LogP contribution in [0.3, 0.4) is 0 Å². The lowest BCUT2D eigenvalue weighted by molar-refractivity contribution is -0.137. The van der Waals surface area contributed by atoms with E-state index in [4.69, 9.17) is 16.6 Å². The summed E-state index contributed by atoms with van der Waals surface area (Å²) >= 11 is 7.93. The molecule has 4 aliphatic heterocycles. The van der Waals surface area contributed by atoms with E-state index in [1.165, 1.54) is 10.4 Å². The Labute approximate surface area is 323 Å². The number of carbonyl (C=O) groups excluding carboxylic acids is 4. The molecular formula is C40H43ClN8O4S. The number of hydrogen-bond acceptors (Lipinski definition) is 9. The first-order valence-electron chi connectivity index (χ1n) is 18.7. The number of aliphatic imine (C=N–C) groups is 1. The molecule has 2 unspecified atom stereocenters. The number of likely N-dealkylation sites (tertiary alicyclic amines) is 1. The molecule has 4 aliphatic rings. The first-order chi connectivity index (χ1) is 26.0. The van der Waals surface area contributed by atoms with Crippen LogP contribution in [-0.2, 0) is 20.9 Å². The Bertz CT molecular complexity index is 2190. The molecule has 0 aliphatic carbocycles. The minimum atomic E-state index is -0.605. The zero-order valence-electron chi connectivity index (χ0n) is 30.7. The number of piperidine rings is 2. The minimum Gasteiger partial charge on any atom is -0.356 e. The Balaban J connectivity index is 0.853. The summed E-state index contributed by atoms with van der Waals surface area (Å²) in [7, 11) is 0. The number of carbonyl (C=O) groups is 4. The van der Waals surface area contributed by atoms with Crippen LogP contribution in [0.4, 0.5) is 0 Å². The van der Waals surface area contributed by atoms with Gasteiger partial charge in [-0.2, -0.15) is 0 Å². The molecule has 0 bridgehead atoms. The van der Waals surface area contributed by atoms with Crippen molar-refractivity contribution in [3.05, 3.63) is 97.4 Å². The molecule has 2 saturated heterocycles. The molecule has 6 heterocycles. The fourth-order valence-electron chi connectivity index (χ4n) is 8.25. The number of halogens is 1. The molecule has 0 radical (unpaired) electrons. The van der Waals surface area contributed by atoms with Crippen molar-refractivity contribution in [1.29, 1.82) is 0 Å². The number of nitrogens with zero attached hydrogens (tertiary/aromatic N) is 6. The fraction of sp³-hybridized carbons (Fsp3) is 0.425. The van der Waals surface area contributed by atoms with E-state index in [-0.39, 0.29) is 36.5 Å². The number of thiophene rings is 1. The standard InChI is InChI=1S/C40H43ClN8O4S/c1-22-23(2)54-40-35(22)36(26-5-8-29(41)9-6-26)43-31(37-46-45-24(3)49(37)40)20-34(51)42-15-4-16-47-17-13-25(14-18-47)27-7-10-30-28(19-27)21-48(39(30)53)32-11-12-33(50)44-38(32)52/h5-10,19,25,31-32H,4,11-18,20-21H2,1-3H3,(H,42,51)(H,44,50,52). The number of nitrogens with one attached hydrogen (secondary N) is 2. The van der Waals surface area contributed by atoms with E-state index < -0.39 is 12.1 Å². The number of rotatable bonds is 9. The van der Waals surface area contributed by atoms with Gasteiger partial charge in [0.15, 0.2) is 5.82 Å². The molecule has 2 aromatic heterocycles. The number of hydrogen-bond donors (Lipinski definition) is 2. The average Bonchev–Trinajstić information content (AvgIpc) is 3.77. The van der Waals surface area contributed by atoms with Gasteiger partial charge >= 0.3 is 0 Å². The van der Waals surface area contributed by atoms with Crippen molar-refractivity contribution in [2.24, 2.45) is 4.99 Å². The maximum Gasteiger partial charge on any atom is 0.255 e. The Morgan fingerprint density at radius 1 is 1.02 bits per heavy atom. The first kappa shape index (κ1) is 36.3. The van der Waals surface area contributed by atoms with Crippen LogP contribution in [0.1, 0.15) is 105 Å². The van der Waals surface area contributed by atoms with Crippen LogP contribution in [0, 0.1) is 20.8 Å². The van der Waals surface area contributed by atoms with E-state index >= 15 is 0 Å². The van der Waals surface area contributed by atoms with Gasteiger partial charge in [0.1, 0.15) is 22.9 Å². The van der Waals surface area contributed by atoms with Crippen molar-refractivity contribution in [3.63, 3.8) is 0 Å². The van der Waals surface area contributed by atoms with Gasteiger partial charge in [-0.15, -0.1) is 21.5 Å². The molecule has 0 saturated carbocycles. The number of benzene rings is 2. The van der Waals surface area contributed by atoms with Crippen LogP contribution in [0.25, 0.3) is 5.00 Å². The van der Waals surface area contributed by atoms with Crippen LogP contribution in [0.5, 0.6) is 0 Å². The van der Waals surface area contributed by atoms with Gasteiger partial charge < -0.3 is 15.1 Å². The minimum absolute atomic E-state index is 0.0745. The quantitative estimate of drug-likeness (QED) is 0.173. The molecule has 4 amide bonds. The van der Waals surface area contributed by atoms with Crippen molar-refractivity contribution >= 4 is 52.3 Å². The Hall–Kier alpha value is -4.72. The van der Waals surface area contributed by atoms with Crippen LogP contribution in [0.15, 0.2) is 47.5 Å². The van der Waals surface area contributed by atoms with Gasteiger partial charge in [-0.3, -0.25) is 34.1 Å². The Kier molecular flexibility index (Phi) is 9.97. The zero-order valence-corrected chi connectivity index (χ0v) is 32.2. The van der Waals surface area contributed by atoms with E-state index in [2.05, 4.69) is 56.3 Å². The molecule has 280 valence electrons. The van der Waals surface area contributed by atoms with E-state index in [1.54, 1.807) is 16.2 Å². The summed E-state index contributed by atoms with van der Waals surface area (Å²) in [4.78, 5) is 61.1. The van der Waals surface area contributed by atoms with E-state index in [9.17, 15) is 19.2 Å². The third-order valence-corrected chi connectivity index (χ3v) is 12.8. The SMILES string of the molecule is Cc1sc2c(c1C)C(c1ccc(Cl)cc1)=NC(CC(=O)NCCCN1CCC(c3ccc4c(c3)CN(C3CCC(=O)NC3=O)C4=O)CC1)c1nnc(C)n1-2. The predicted molar refractivity (Wildman–Crippen MR) is 206 cm³/mol. The lowest BCUT2D eigenvalue weighted by Gasteiger charge is -2.32. The zero-order chi connectivity index (χ0) is 37.7. The highest BCUT2D eigenvalue weighted by molar-refractivity contribution is 7.15. The highest BCUT2D eigenvalue weighted by Gasteiger charge is 2.39. The lowest BCUT2D eigenvalue weighted by atomic mass is 9.88. The summed E-state index contributed by atoms with van der Waals surface area (Å²) in [5, 5.41) is 16.1. The van der Waals surface area contributed by atoms with Crippen molar-refractivity contribution in [1.82, 2.24) is 35.2 Å². The van der Waals surface area contributed by atoms with Gasteiger partial charge in [0.05, 0.1) is 12.1 Å². The largest absolute Gasteiger partial charge is 0.356 e. The second kappa shape index (κ2) is 14.8. The smallest absolute Gasteiger partial charge is 0.255 e. The Morgan fingerprint density at radius 3 is 2.56 bits per heavy atom. The number of aryl methyl sites for hydroxylation is 2. The third-order valence-electron chi connectivity index (χ3n) is 11.3. The molecule has 12 nitrogen and oxygen atoms in total. The summed E-state index contributed by atoms with van der Waals surface area (Å²) in [6.07, 6.45) is 3.62. The van der Waals surface area contributed by atoms with Gasteiger partial charge in [-0.1, -0.05) is 35.9 Å². The van der Waals surface area contributed by atoms with Gasteiger partial charge in [0.25, 0.3) is 5.91 Å². The summed E-state index contributed by atoms with van der Waals surface area (Å²) in [5.41, 5.74) is 6.79. The molecular weight excluding hydrogens is 724 g/mol. The second-order valence-corrected chi connectivity index (χ2v) is 16.4. The summed E-state index contributed by atoms with van der Waals surface area (Å²) in [6.45, 7) is 9.93. The van der Waals surface area contributed by atoms with Crippen molar-refractivity contribution in [2.75, 3.05) is 26.2 Å². The molecule has 2 atom stereocenters. The topological polar surface area (TPSA) is 142 Å². The second-order valence-electron chi connectivity index (χ2n) is 14.7. The third kappa shape index (κ3) is 6.88. The van der Waals surface area contributed by atoms with Gasteiger partial charge in [-0.05, 0) is 107 Å². The molecule has 0 spiro atoms. The van der Waals surface area contributed by atoms with Crippen molar-refractivity contribution < 1.29 is 19.2 Å². The molecule has 4 aromatic rings. The van der Waals surface area contributed by atoms with Crippen molar-refractivity contribution in [3.8, 4) is 5.00 Å². The normalized spacial score (nSPS) is 20.3. The maximum absolute atomic E-state index is 13.4. The number of fused-ring (bicyclic) bond motifs is 4. The van der Waals surface area contributed by atoms with Gasteiger partial charge in [-0.25, -0.2) is 0 Å². The summed E-state index contributed by atoms with van der Waals surface area (Å²) in [5.74, 6) is 0.934. The highest BCUT2D eigenvalue weighted by Crippen LogP contribution is 2.40. The summed E-state index contributed by atoms with van der Waals surface area (Å²) < 4.78 is 2.06. The number of imide groups is 1. The molecule has 2 N–H and O–H groups in total. The molecule has 8 rings (SSSR count). The van der Waals surface area contributed by atoms with Crippen LogP contribution < -0.4 is 10.6 Å². The van der Waals surface area contributed by atoms with Crippen LogP contribution in [-0.4, -0.2) is 86.1 Å². The van der Waals surface area contributed by atoms with Gasteiger partial charge in [0.2, 0.25) is 17.7 Å². The van der Waals surface area contributed by atoms with Crippen LogP contribution in [0.2, 0.25) is 5.02 Å². The maximum atomic E-state index is 13.4. The average molecular weight is 767 g/mol. The van der Waals surface area contributed by atoms with E-state index in [0.29, 0.717) is 41.8 Å². The fourth-order valence-corrected chi connectivity index (χ4v) is 9.59. The summed E-state index contributed by atoms with van der Waals surface area (Å²) in [6, 6.07) is 12.7. The lowest BCUT2D eigenvalue weighted by Crippen LogP contribution is -2.52. The number of aromatic nitrogens is 3. The van der Waals surface area contributed by atoms with Crippen molar-refractivity contribution in [2.45, 2.75) is 83.8 Å². The van der Waals surface area contributed by atoms with E-state index in [1.807, 2.05) is 37.3 Å². The molecule has 54 heavy (non-hydrogen) atoms. The first-order valence-corrected chi connectivity index (χ1v) is 19.9. The molecule has 2 fully saturated rings.